The van der Waals surface area contributed by atoms with Crippen LogP contribution in [0.1, 0.15) is 30.6 Å². The maximum atomic E-state index is 12.2. The fourth-order valence-corrected chi connectivity index (χ4v) is 2.16. The van der Waals surface area contributed by atoms with Crippen molar-refractivity contribution in [2.75, 3.05) is 19.9 Å². The molecule has 0 aliphatic carbocycles. The molecule has 1 atom stereocenters. The van der Waals surface area contributed by atoms with Crippen LogP contribution in [-0.4, -0.2) is 37.8 Å². The van der Waals surface area contributed by atoms with E-state index in [9.17, 15) is 9.59 Å². The molecule has 0 spiro atoms. The molecule has 116 valence electrons. The number of hydrogen-bond donors (Lipinski definition) is 2. The number of amides is 2. The van der Waals surface area contributed by atoms with E-state index in [2.05, 4.69) is 10.6 Å². The summed E-state index contributed by atoms with van der Waals surface area (Å²) >= 11 is 1.57. The number of thioether (sulfide) groups is 1. The average Bonchev–Trinajstić information content (AvgIpc) is 2.51. The van der Waals surface area contributed by atoms with E-state index in [1.54, 1.807) is 30.8 Å². The van der Waals surface area contributed by atoms with Gasteiger partial charge in [0, 0.05) is 11.4 Å². The lowest BCUT2D eigenvalue weighted by molar-refractivity contribution is -0.122. The van der Waals surface area contributed by atoms with Gasteiger partial charge in [-0.15, -0.1) is 11.8 Å². The summed E-state index contributed by atoms with van der Waals surface area (Å²) in [4.78, 5) is 25.0. The van der Waals surface area contributed by atoms with Crippen LogP contribution in [0, 0.1) is 0 Å². The van der Waals surface area contributed by atoms with E-state index in [1.807, 2.05) is 19.2 Å². The lowest BCUT2D eigenvalue weighted by Gasteiger charge is -2.15. The number of hydrogen-bond acceptors (Lipinski definition) is 4. The number of carbonyl (C=O) groups is 2. The summed E-state index contributed by atoms with van der Waals surface area (Å²) in [5.41, 5.74) is 0.422. The van der Waals surface area contributed by atoms with Crippen molar-refractivity contribution in [3.8, 4) is 5.75 Å². The van der Waals surface area contributed by atoms with Crippen LogP contribution in [-0.2, 0) is 4.79 Å². The summed E-state index contributed by atoms with van der Waals surface area (Å²) in [6.45, 7) is 4.23. The molecule has 6 heteroatoms. The van der Waals surface area contributed by atoms with Crippen LogP contribution in [0.3, 0.4) is 0 Å². The lowest BCUT2D eigenvalue weighted by atomic mass is 10.1. The van der Waals surface area contributed by atoms with Crippen LogP contribution in [0.15, 0.2) is 23.1 Å². The van der Waals surface area contributed by atoms with Gasteiger partial charge in [-0.05, 0) is 37.8 Å². The number of ether oxygens (including phenoxy) is 1. The molecule has 0 bridgehead atoms. The van der Waals surface area contributed by atoms with E-state index in [4.69, 9.17) is 4.74 Å². The lowest BCUT2D eigenvalue weighted by Crippen LogP contribution is -2.45. The molecule has 1 rings (SSSR count). The minimum atomic E-state index is -0.589. The quantitative estimate of drug-likeness (QED) is 0.757. The zero-order valence-electron chi connectivity index (χ0n) is 12.9. The Morgan fingerprint density at radius 3 is 2.67 bits per heavy atom. The van der Waals surface area contributed by atoms with Gasteiger partial charge >= 0.3 is 0 Å². The predicted octanol–water partition coefficient (Wildman–Crippen LogP) is 2.06. The van der Waals surface area contributed by atoms with Crippen LogP contribution in [0.5, 0.6) is 5.75 Å². The largest absolute Gasteiger partial charge is 0.496 e. The Labute approximate surface area is 129 Å². The molecular weight excluding hydrogens is 288 g/mol. The summed E-state index contributed by atoms with van der Waals surface area (Å²) < 4.78 is 5.24. The number of rotatable bonds is 7. The molecule has 0 unspecified atom stereocenters. The standard InChI is InChI=1S/C15H22N2O3S/c1-5-8-16-14(18)10(2)17-15(19)12-7-6-11(21-4)9-13(12)20-3/h6-7,9-10H,5,8H2,1-4H3,(H,16,18)(H,17,19)/t10-/m1/s1. The molecule has 0 saturated heterocycles. The highest BCUT2D eigenvalue weighted by Gasteiger charge is 2.18. The van der Waals surface area contributed by atoms with Crippen molar-refractivity contribution < 1.29 is 14.3 Å². The SMILES string of the molecule is CCCNC(=O)[C@@H](C)NC(=O)c1ccc(SC)cc1OC. The fourth-order valence-electron chi connectivity index (χ4n) is 1.73. The number of methoxy groups -OCH3 is 1. The summed E-state index contributed by atoms with van der Waals surface area (Å²) in [6, 6.07) is 4.77. The molecule has 0 radical (unpaired) electrons. The topological polar surface area (TPSA) is 67.4 Å². The van der Waals surface area contributed by atoms with Gasteiger partial charge in [-0.25, -0.2) is 0 Å². The van der Waals surface area contributed by atoms with E-state index in [0.717, 1.165) is 11.3 Å². The Morgan fingerprint density at radius 2 is 2.10 bits per heavy atom. The van der Waals surface area contributed by atoms with Crippen LogP contribution in [0.2, 0.25) is 0 Å². The van der Waals surface area contributed by atoms with Crippen LogP contribution in [0.4, 0.5) is 0 Å². The molecule has 0 fully saturated rings. The first-order valence-electron chi connectivity index (χ1n) is 6.84. The van der Waals surface area contributed by atoms with Crippen molar-refractivity contribution in [1.82, 2.24) is 10.6 Å². The summed E-state index contributed by atoms with van der Waals surface area (Å²) in [5, 5.41) is 5.43. The molecule has 0 heterocycles. The molecule has 0 aliphatic rings. The second kappa shape index (κ2) is 8.56. The van der Waals surface area contributed by atoms with E-state index in [-0.39, 0.29) is 11.8 Å². The van der Waals surface area contributed by atoms with E-state index < -0.39 is 6.04 Å². The van der Waals surface area contributed by atoms with Gasteiger partial charge in [-0.3, -0.25) is 9.59 Å². The third-order valence-electron chi connectivity index (χ3n) is 2.94. The van der Waals surface area contributed by atoms with Crippen molar-refractivity contribution in [3.05, 3.63) is 23.8 Å². The molecule has 2 amide bonds. The first-order chi connectivity index (χ1) is 10.0. The van der Waals surface area contributed by atoms with Crippen LogP contribution < -0.4 is 15.4 Å². The Balaban J connectivity index is 2.77. The zero-order valence-corrected chi connectivity index (χ0v) is 13.7. The number of benzene rings is 1. The predicted molar refractivity (Wildman–Crippen MR) is 85.0 cm³/mol. The van der Waals surface area contributed by atoms with Gasteiger partial charge < -0.3 is 15.4 Å². The van der Waals surface area contributed by atoms with Gasteiger partial charge in [0.15, 0.2) is 0 Å². The van der Waals surface area contributed by atoms with Gasteiger partial charge in [0.1, 0.15) is 11.8 Å². The highest BCUT2D eigenvalue weighted by atomic mass is 32.2. The number of carbonyl (C=O) groups excluding carboxylic acids is 2. The summed E-state index contributed by atoms with van der Waals surface area (Å²) in [5.74, 6) is -0.0101. The molecule has 2 N–H and O–H groups in total. The first kappa shape index (κ1) is 17.4. The molecule has 0 aromatic heterocycles. The van der Waals surface area contributed by atoms with E-state index >= 15 is 0 Å². The summed E-state index contributed by atoms with van der Waals surface area (Å²) in [6.07, 6.45) is 2.81. The minimum absolute atomic E-state index is 0.190. The van der Waals surface area contributed by atoms with Crippen LogP contribution in [0.25, 0.3) is 0 Å². The van der Waals surface area contributed by atoms with Gasteiger partial charge in [-0.2, -0.15) is 0 Å². The van der Waals surface area contributed by atoms with Gasteiger partial charge in [0.25, 0.3) is 5.91 Å². The second-order valence-electron chi connectivity index (χ2n) is 4.55. The van der Waals surface area contributed by atoms with Crippen molar-refractivity contribution in [1.29, 1.82) is 0 Å². The highest BCUT2D eigenvalue weighted by molar-refractivity contribution is 7.98. The minimum Gasteiger partial charge on any atom is -0.496 e. The van der Waals surface area contributed by atoms with E-state index in [0.29, 0.717) is 17.9 Å². The Bertz CT molecular complexity index is 506. The van der Waals surface area contributed by atoms with Gasteiger partial charge in [0.2, 0.25) is 5.91 Å². The molecule has 1 aromatic rings. The third kappa shape index (κ3) is 4.97. The maximum Gasteiger partial charge on any atom is 0.255 e. The molecule has 21 heavy (non-hydrogen) atoms. The highest BCUT2D eigenvalue weighted by Crippen LogP contribution is 2.25. The smallest absolute Gasteiger partial charge is 0.255 e. The second-order valence-corrected chi connectivity index (χ2v) is 5.43. The van der Waals surface area contributed by atoms with Gasteiger partial charge in [0.05, 0.1) is 12.7 Å². The first-order valence-corrected chi connectivity index (χ1v) is 8.06. The Kier molecular flexibility index (Phi) is 7.08. The molecule has 0 aliphatic heterocycles. The normalized spacial score (nSPS) is 11.6. The third-order valence-corrected chi connectivity index (χ3v) is 3.67. The molecule has 5 nitrogen and oxygen atoms in total. The molecule has 0 saturated carbocycles. The summed E-state index contributed by atoms with van der Waals surface area (Å²) in [7, 11) is 1.52. The molecular formula is C15H22N2O3S. The van der Waals surface area contributed by atoms with E-state index in [1.165, 1.54) is 7.11 Å². The Hall–Kier alpha value is -1.69. The van der Waals surface area contributed by atoms with Crippen molar-refractivity contribution in [2.24, 2.45) is 0 Å². The zero-order chi connectivity index (χ0) is 15.8. The van der Waals surface area contributed by atoms with Crippen LogP contribution >= 0.6 is 11.8 Å². The fraction of sp³-hybridized carbons (Fsp3) is 0.467. The molecule has 1 aromatic carbocycles. The number of nitrogens with one attached hydrogen (secondary N) is 2. The maximum absolute atomic E-state index is 12.2. The monoisotopic (exact) mass is 310 g/mol. The van der Waals surface area contributed by atoms with Crippen molar-refractivity contribution in [2.45, 2.75) is 31.2 Å². The van der Waals surface area contributed by atoms with Crippen molar-refractivity contribution >= 4 is 23.6 Å². The Morgan fingerprint density at radius 1 is 1.38 bits per heavy atom. The van der Waals surface area contributed by atoms with Gasteiger partial charge in [-0.1, -0.05) is 6.92 Å². The average molecular weight is 310 g/mol. The van der Waals surface area contributed by atoms with Crippen molar-refractivity contribution in [3.63, 3.8) is 0 Å².